The number of para-hydroxylation sites is 1. The highest BCUT2D eigenvalue weighted by molar-refractivity contribution is 6.34. The zero-order valence-corrected chi connectivity index (χ0v) is 13.5. The number of hydrogen-bond donors (Lipinski definition) is 0. The van der Waals surface area contributed by atoms with Gasteiger partial charge in [0.25, 0.3) is 5.91 Å². The van der Waals surface area contributed by atoms with E-state index in [0.717, 1.165) is 0 Å². The molecule has 0 aliphatic carbocycles. The Balaban J connectivity index is 1.84. The number of nitrogens with zero attached hydrogens (tertiary/aromatic N) is 1. The first-order valence-electron chi connectivity index (χ1n) is 7.30. The highest BCUT2D eigenvalue weighted by Crippen LogP contribution is 2.31. The molecule has 24 heavy (non-hydrogen) atoms. The summed E-state index contributed by atoms with van der Waals surface area (Å²) < 4.78 is 10.8. The van der Waals surface area contributed by atoms with E-state index in [9.17, 15) is 9.59 Å². The number of halogens is 1. The van der Waals surface area contributed by atoms with Gasteiger partial charge in [-0.15, -0.1) is 0 Å². The number of ether oxygens (including phenoxy) is 1. The van der Waals surface area contributed by atoms with Crippen LogP contribution in [0.4, 0.5) is 5.69 Å². The molecule has 1 aliphatic rings. The van der Waals surface area contributed by atoms with E-state index >= 15 is 0 Å². The van der Waals surface area contributed by atoms with Gasteiger partial charge in [0.2, 0.25) is 5.76 Å². The van der Waals surface area contributed by atoms with Crippen molar-refractivity contribution in [3.05, 3.63) is 69.0 Å². The number of anilines is 1. The Morgan fingerprint density at radius 1 is 1.12 bits per heavy atom. The largest absolute Gasteiger partial charge is 0.497 e. The molecule has 0 unspecified atom stereocenters. The number of fused-ring (bicyclic) bond motifs is 2. The van der Waals surface area contributed by atoms with Crippen LogP contribution in [0, 0.1) is 0 Å². The van der Waals surface area contributed by atoms with Crippen molar-refractivity contribution in [1.29, 1.82) is 0 Å². The Hall–Kier alpha value is -2.79. The molecule has 0 N–H and O–H groups in total. The van der Waals surface area contributed by atoms with E-state index < -0.39 is 0 Å². The molecule has 1 amide bonds. The SMILES string of the molecule is COc1ccc(N2Cc3c(oc4c(Cl)cccc4c3=O)C2=O)cc1. The number of amides is 1. The first-order chi connectivity index (χ1) is 11.6. The lowest BCUT2D eigenvalue weighted by molar-refractivity contribution is 0.0973. The number of carbonyl (C=O) groups excluding carboxylic acids is 1. The van der Waals surface area contributed by atoms with E-state index in [0.29, 0.717) is 27.4 Å². The Kier molecular flexibility index (Phi) is 3.32. The van der Waals surface area contributed by atoms with E-state index in [2.05, 4.69) is 0 Å². The van der Waals surface area contributed by atoms with Gasteiger partial charge in [0, 0.05) is 5.69 Å². The zero-order chi connectivity index (χ0) is 16.8. The van der Waals surface area contributed by atoms with Gasteiger partial charge in [-0.3, -0.25) is 9.59 Å². The van der Waals surface area contributed by atoms with Crippen molar-refractivity contribution in [2.24, 2.45) is 0 Å². The molecule has 6 heteroatoms. The van der Waals surface area contributed by atoms with E-state index in [1.165, 1.54) is 4.90 Å². The van der Waals surface area contributed by atoms with Crippen molar-refractivity contribution in [2.45, 2.75) is 6.54 Å². The van der Waals surface area contributed by atoms with Crippen LogP contribution in [0.15, 0.2) is 51.7 Å². The van der Waals surface area contributed by atoms with Crippen LogP contribution in [0.2, 0.25) is 5.02 Å². The van der Waals surface area contributed by atoms with Crippen LogP contribution in [0.1, 0.15) is 16.1 Å². The Bertz CT molecular complexity index is 1020. The van der Waals surface area contributed by atoms with Crippen molar-refractivity contribution >= 4 is 34.2 Å². The molecule has 0 bridgehead atoms. The zero-order valence-electron chi connectivity index (χ0n) is 12.7. The number of methoxy groups -OCH3 is 1. The molecule has 0 atom stereocenters. The predicted molar refractivity (Wildman–Crippen MR) is 91.0 cm³/mol. The third kappa shape index (κ3) is 2.09. The molecular formula is C18H12ClNO4. The Labute approximate surface area is 142 Å². The van der Waals surface area contributed by atoms with Crippen molar-refractivity contribution < 1.29 is 13.9 Å². The van der Waals surface area contributed by atoms with Crippen LogP contribution in [0.3, 0.4) is 0 Å². The smallest absolute Gasteiger partial charge is 0.294 e. The van der Waals surface area contributed by atoms with Gasteiger partial charge >= 0.3 is 0 Å². The van der Waals surface area contributed by atoms with Gasteiger partial charge in [-0.2, -0.15) is 0 Å². The molecular weight excluding hydrogens is 330 g/mol. The fourth-order valence-electron chi connectivity index (χ4n) is 2.86. The Morgan fingerprint density at radius 2 is 1.88 bits per heavy atom. The standard InChI is InChI=1S/C18H12ClNO4/c1-23-11-7-5-10(6-8-11)20-9-13-15(21)12-3-2-4-14(19)16(12)24-17(13)18(20)22/h2-8H,9H2,1H3. The second-order valence-corrected chi connectivity index (χ2v) is 5.85. The summed E-state index contributed by atoms with van der Waals surface area (Å²) in [5.74, 6) is 0.389. The van der Waals surface area contributed by atoms with E-state index in [1.807, 2.05) is 0 Å². The molecule has 0 fully saturated rings. The average Bonchev–Trinajstić information content (AvgIpc) is 2.94. The van der Waals surface area contributed by atoms with Gasteiger partial charge in [0.1, 0.15) is 5.75 Å². The summed E-state index contributed by atoms with van der Waals surface area (Å²) in [5.41, 5.74) is 1.04. The quantitative estimate of drug-likeness (QED) is 0.714. The maximum atomic E-state index is 12.7. The minimum absolute atomic E-state index is 0.0522. The molecule has 2 heterocycles. The summed E-state index contributed by atoms with van der Waals surface area (Å²) in [6.07, 6.45) is 0. The van der Waals surface area contributed by atoms with Crippen LogP contribution in [0.5, 0.6) is 5.75 Å². The first-order valence-corrected chi connectivity index (χ1v) is 7.68. The summed E-state index contributed by atoms with van der Waals surface area (Å²) in [5, 5.41) is 0.689. The molecule has 0 saturated carbocycles. The number of carbonyl (C=O) groups is 1. The van der Waals surface area contributed by atoms with Crippen molar-refractivity contribution in [3.63, 3.8) is 0 Å². The molecule has 1 aliphatic heterocycles. The molecule has 120 valence electrons. The third-order valence-electron chi connectivity index (χ3n) is 4.10. The lowest BCUT2D eigenvalue weighted by atomic mass is 10.1. The Morgan fingerprint density at radius 3 is 2.58 bits per heavy atom. The van der Waals surface area contributed by atoms with Crippen molar-refractivity contribution in [3.8, 4) is 5.75 Å². The molecule has 2 aromatic carbocycles. The van der Waals surface area contributed by atoms with Crippen molar-refractivity contribution in [1.82, 2.24) is 0 Å². The van der Waals surface area contributed by atoms with Gasteiger partial charge in [-0.25, -0.2) is 0 Å². The predicted octanol–water partition coefficient (Wildman–Crippen LogP) is 3.62. The first kappa shape index (κ1) is 14.8. The minimum atomic E-state index is -0.353. The molecule has 5 nitrogen and oxygen atoms in total. The molecule has 1 aromatic heterocycles. The van der Waals surface area contributed by atoms with Gasteiger partial charge in [-0.1, -0.05) is 17.7 Å². The molecule has 0 radical (unpaired) electrons. The molecule has 0 spiro atoms. The molecule has 3 aromatic rings. The van der Waals surface area contributed by atoms with Crippen LogP contribution < -0.4 is 15.1 Å². The highest BCUT2D eigenvalue weighted by Gasteiger charge is 2.34. The second kappa shape index (κ2) is 5.39. The highest BCUT2D eigenvalue weighted by atomic mass is 35.5. The summed E-state index contributed by atoms with van der Waals surface area (Å²) in [7, 11) is 1.57. The van der Waals surface area contributed by atoms with Crippen LogP contribution in [-0.2, 0) is 6.54 Å². The lowest BCUT2D eigenvalue weighted by Crippen LogP contribution is -2.23. The fourth-order valence-corrected chi connectivity index (χ4v) is 3.07. The monoisotopic (exact) mass is 341 g/mol. The summed E-state index contributed by atoms with van der Waals surface area (Å²) in [4.78, 5) is 26.9. The topological polar surface area (TPSA) is 59.8 Å². The van der Waals surface area contributed by atoms with E-state index in [-0.39, 0.29) is 29.2 Å². The van der Waals surface area contributed by atoms with Crippen LogP contribution in [-0.4, -0.2) is 13.0 Å². The van der Waals surface area contributed by atoms with Gasteiger partial charge < -0.3 is 14.1 Å². The maximum Gasteiger partial charge on any atom is 0.294 e. The normalized spacial score (nSPS) is 13.4. The third-order valence-corrected chi connectivity index (χ3v) is 4.40. The van der Waals surface area contributed by atoms with E-state index in [1.54, 1.807) is 49.6 Å². The maximum absolute atomic E-state index is 12.7. The fraction of sp³-hybridized carbons (Fsp3) is 0.111. The number of hydrogen-bond acceptors (Lipinski definition) is 4. The lowest BCUT2D eigenvalue weighted by Gasteiger charge is -2.15. The number of benzene rings is 2. The minimum Gasteiger partial charge on any atom is -0.497 e. The van der Waals surface area contributed by atoms with Crippen LogP contribution >= 0.6 is 11.6 Å². The van der Waals surface area contributed by atoms with Crippen molar-refractivity contribution in [2.75, 3.05) is 12.0 Å². The molecule has 4 rings (SSSR count). The summed E-state index contributed by atoms with van der Waals surface area (Å²) in [6, 6.07) is 12.0. The van der Waals surface area contributed by atoms with Gasteiger partial charge in [0.15, 0.2) is 11.0 Å². The van der Waals surface area contributed by atoms with Gasteiger partial charge in [-0.05, 0) is 36.4 Å². The van der Waals surface area contributed by atoms with Crippen LogP contribution in [0.25, 0.3) is 11.0 Å². The molecule has 0 saturated heterocycles. The summed E-state index contributed by atoms with van der Waals surface area (Å²) in [6.45, 7) is 0.172. The summed E-state index contributed by atoms with van der Waals surface area (Å²) >= 11 is 6.09. The second-order valence-electron chi connectivity index (χ2n) is 5.44. The number of rotatable bonds is 2. The van der Waals surface area contributed by atoms with E-state index in [4.69, 9.17) is 20.8 Å². The van der Waals surface area contributed by atoms with Gasteiger partial charge in [0.05, 0.1) is 29.6 Å². The average molecular weight is 342 g/mol.